The third-order valence-corrected chi connectivity index (χ3v) is 5.21. The fourth-order valence-electron chi connectivity index (χ4n) is 3.27. The number of carbonyl (C=O) groups excluding carboxylic acids is 3. The second kappa shape index (κ2) is 10.6. The molecule has 3 rings (SSSR count). The number of piperazine rings is 1. The average molecular weight is 424 g/mol. The van der Waals surface area contributed by atoms with E-state index in [0.29, 0.717) is 37.4 Å². The zero-order valence-corrected chi connectivity index (χ0v) is 17.9. The Morgan fingerprint density at radius 3 is 2.52 bits per heavy atom. The summed E-state index contributed by atoms with van der Waals surface area (Å²) in [7, 11) is 0. The number of nitrogens with one attached hydrogen (secondary N) is 1. The van der Waals surface area contributed by atoms with Crippen molar-refractivity contribution < 1.29 is 23.9 Å². The largest absolute Gasteiger partial charge is 0.489 e. The molecule has 0 saturated carbocycles. The lowest BCUT2D eigenvalue weighted by Crippen LogP contribution is -2.57. The molecule has 0 bridgehead atoms. The number of rotatable bonds is 8. The van der Waals surface area contributed by atoms with Gasteiger partial charge in [-0.05, 0) is 43.2 Å². The van der Waals surface area contributed by atoms with E-state index in [1.165, 1.54) is 4.90 Å². The molecule has 1 fully saturated rings. The van der Waals surface area contributed by atoms with Gasteiger partial charge in [0.25, 0.3) is 5.91 Å². The Balaban J connectivity index is 1.64. The molecule has 2 unspecified atom stereocenters. The van der Waals surface area contributed by atoms with Crippen molar-refractivity contribution in [3.63, 3.8) is 0 Å². The lowest BCUT2D eigenvalue weighted by molar-refractivity contribution is -0.151. The topological polar surface area (TPSA) is 84.9 Å². The maximum atomic E-state index is 13.1. The van der Waals surface area contributed by atoms with Crippen LogP contribution in [0, 0.1) is 0 Å². The van der Waals surface area contributed by atoms with Crippen molar-refractivity contribution in [3.05, 3.63) is 65.7 Å². The lowest BCUT2D eigenvalue weighted by atomic mass is 10.1. The van der Waals surface area contributed by atoms with Crippen LogP contribution in [0.5, 0.6) is 5.75 Å². The Morgan fingerprint density at radius 2 is 1.84 bits per heavy atom. The summed E-state index contributed by atoms with van der Waals surface area (Å²) in [5.74, 6) is -0.487. The zero-order valence-electron chi connectivity index (χ0n) is 17.9. The van der Waals surface area contributed by atoms with Crippen LogP contribution in [0.1, 0.15) is 42.6 Å². The Morgan fingerprint density at radius 1 is 1.13 bits per heavy atom. The van der Waals surface area contributed by atoms with Gasteiger partial charge in [-0.2, -0.15) is 0 Å². The fraction of sp³-hybridized carbons (Fsp3) is 0.375. The van der Waals surface area contributed by atoms with E-state index < -0.39 is 12.0 Å². The van der Waals surface area contributed by atoms with E-state index in [9.17, 15) is 14.4 Å². The molecule has 1 saturated heterocycles. The lowest BCUT2D eigenvalue weighted by Gasteiger charge is -2.34. The standard InChI is InChI=1S/C24H28N2O5/c1-3-17(2)31-22(27)15-21-23(28)25-13-14-26(21)24(29)19-9-11-20(12-10-19)30-16-18-7-5-4-6-8-18/h4-12,17,21H,3,13-16H2,1-2H3,(H,25,28). The van der Waals surface area contributed by atoms with Gasteiger partial charge < -0.3 is 19.7 Å². The van der Waals surface area contributed by atoms with Gasteiger partial charge in [0.2, 0.25) is 5.91 Å². The summed E-state index contributed by atoms with van der Waals surface area (Å²) >= 11 is 0. The molecule has 0 aliphatic carbocycles. The first-order valence-corrected chi connectivity index (χ1v) is 10.5. The summed E-state index contributed by atoms with van der Waals surface area (Å²) in [6.07, 6.45) is 0.288. The quantitative estimate of drug-likeness (QED) is 0.659. The van der Waals surface area contributed by atoms with Crippen molar-refractivity contribution >= 4 is 17.8 Å². The number of nitrogens with zero attached hydrogens (tertiary/aromatic N) is 1. The van der Waals surface area contributed by atoms with E-state index in [-0.39, 0.29) is 24.3 Å². The molecule has 7 heteroatoms. The van der Waals surface area contributed by atoms with Crippen molar-refractivity contribution in [3.8, 4) is 5.75 Å². The maximum absolute atomic E-state index is 13.1. The van der Waals surface area contributed by atoms with Crippen LogP contribution in [0.2, 0.25) is 0 Å². The number of carbonyl (C=O) groups is 3. The summed E-state index contributed by atoms with van der Waals surface area (Å²) in [6.45, 7) is 4.82. The summed E-state index contributed by atoms with van der Waals surface area (Å²) in [4.78, 5) is 39.1. The van der Waals surface area contributed by atoms with E-state index in [0.717, 1.165) is 5.56 Å². The number of hydrogen-bond acceptors (Lipinski definition) is 5. The highest BCUT2D eigenvalue weighted by atomic mass is 16.5. The van der Waals surface area contributed by atoms with Crippen LogP contribution in [0.4, 0.5) is 0 Å². The number of benzene rings is 2. The Labute approximate surface area is 182 Å². The number of ether oxygens (including phenoxy) is 2. The van der Waals surface area contributed by atoms with E-state index in [1.807, 2.05) is 37.3 Å². The highest BCUT2D eigenvalue weighted by molar-refractivity contribution is 5.99. The molecule has 1 heterocycles. The summed E-state index contributed by atoms with van der Waals surface area (Å²) < 4.78 is 11.1. The van der Waals surface area contributed by atoms with Crippen molar-refractivity contribution in [2.45, 2.75) is 45.4 Å². The molecule has 2 aromatic rings. The minimum absolute atomic E-state index is 0.166. The van der Waals surface area contributed by atoms with Crippen molar-refractivity contribution in [2.75, 3.05) is 13.1 Å². The Kier molecular flexibility index (Phi) is 7.65. The van der Waals surface area contributed by atoms with Crippen LogP contribution in [0.3, 0.4) is 0 Å². The Hall–Kier alpha value is -3.35. The van der Waals surface area contributed by atoms with Gasteiger partial charge in [-0.1, -0.05) is 37.3 Å². The first kappa shape index (κ1) is 22.3. The van der Waals surface area contributed by atoms with E-state index in [4.69, 9.17) is 9.47 Å². The maximum Gasteiger partial charge on any atom is 0.308 e. The van der Waals surface area contributed by atoms with Gasteiger partial charge in [0, 0.05) is 18.7 Å². The number of amides is 2. The molecular formula is C24H28N2O5. The minimum atomic E-state index is -0.883. The molecule has 2 aromatic carbocycles. The van der Waals surface area contributed by atoms with Crippen LogP contribution in [0.15, 0.2) is 54.6 Å². The second-order valence-electron chi connectivity index (χ2n) is 7.52. The van der Waals surface area contributed by atoms with E-state index in [1.54, 1.807) is 31.2 Å². The number of hydrogen-bond donors (Lipinski definition) is 1. The summed E-state index contributed by atoms with van der Waals surface area (Å²) in [5, 5.41) is 2.72. The van der Waals surface area contributed by atoms with Gasteiger partial charge in [0.15, 0.2) is 0 Å². The normalized spacial score (nSPS) is 16.9. The minimum Gasteiger partial charge on any atom is -0.489 e. The van der Waals surface area contributed by atoms with Crippen LogP contribution in [-0.2, 0) is 20.9 Å². The van der Waals surface area contributed by atoms with Crippen molar-refractivity contribution in [2.24, 2.45) is 0 Å². The van der Waals surface area contributed by atoms with E-state index in [2.05, 4.69) is 5.32 Å². The summed E-state index contributed by atoms with van der Waals surface area (Å²) in [6, 6.07) is 15.7. The molecule has 0 spiro atoms. The highest BCUT2D eigenvalue weighted by Crippen LogP contribution is 2.19. The monoisotopic (exact) mass is 424 g/mol. The third-order valence-electron chi connectivity index (χ3n) is 5.21. The van der Waals surface area contributed by atoms with Gasteiger partial charge in [0.05, 0.1) is 12.5 Å². The molecule has 0 aromatic heterocycles. The van der Waals surface area contributed by atoms with Crippen LogP contribution in [0.25, 0.3) is 0 Å². The van der Waals surface area contributed by atoms with Gasteiger partial charge in [-0.3, -0.25) is 14.4 Å². The van der Waals surface area contributed by atoms with Crippen molar-refractivity contribution in [1.29, 1.82) is 0 Å². The van der Waals surface area contributed by atoms with Gasteiger partial charge >= 0.3 is 5.97 Å². The van der Waals surface area contributed by atoms with Crippen LogP contribution in [-0.4, -0.2) is 47.9 Å². The molecular weight excluding hydrogens is 396 g/mol. The first-order valence-electron chi connectivity index (χ1n) is 10.5. The predicted molar refractivity (Wildman–Crippen MR) is 116 cm³/mol. The van der Waals surface area contributed by atoms with Gasteiger partial charge in [-0.15, -0.1) is 0 Å². The first-order chi connectivity index (χ1) is 15.0. The van der Waals surface area contributed by atoms with Crippen molar-refractivity contribution in [1.82, 2.24) is 10.2 Å². The molecule has 0 radical (unpaired) electrons. The molecule has 31 heavy (non-hydrogen) atoms. The number of esters is 1. The average Bonchev–Trinajstić information content (AvgIpc) is 2.79. The molecule has 164 valence electrons. The van der Waals surface area contributed by atoms with Gasteiger partial charge in [0.1, 0.15) is 18.4 Å². The molecule has 7 nitrogen and oxygen atoms in total. The Bertz CT molecular complexity index is 898. The second-order valence-corrected chi connectivity index (χ2v) is 7.52. The molecule has 1 aliphatic heterocycles. The van der Waals surface area contributed by atoms with Crippen LogP contribution >= 0.6 is 0 Å². The molecule has 2 amide bonds. The third kappa shape index (κ3) is 6.07. The predicted octanol–water partition coefficient (Wildman–Crippen LogP) is 2.94. The SMILES string of the molecule is CCC(C)OC(=O)CC1C(=O)NCCN1C(=O)c1ccc(OCc2ccccc2)cc1. The zero-order chi connectivity index (χ0) is 22.2. The fourth-order valence-corrected chi connectivity index (χ4v) is 3.27. The van der Waals surface area contributed by atoms with E-state index >= 15 is 0 Å². The molecule has 1 N–H and O–H groups in total. The van der Waals surface area contributed by atoms with Crippen LogP contribution < -0.4 is 10.1 Å². The molecule has 2 atom stereocenters. The highest BCUT2D eigenvalue weighted by Gasteiger charge is 2.35. The van der Waals surface area contributed by atoms with Gasteiger partial charge in [-0.25, -0.2) is 0 Å². The smallest absolute Gasteiger partial charge is 0.308 e. The summed E-state index contributed by atoms with van der Waals surface area (Å²) in [5.41, 5.74) is 1.48. The molecule has 1 aliphatic rings.